The highest BCUT2D eigenvalue weighted by Crippen LogP contribution is 2.35. The molecule has 0 saturated carbocycles. The quantitative estimate of drug-likeness (QED) is 0.771. The third-order valence-corrected chi connectivity index (χ3v) is 4.38. The molecule has 2 aromatic rings. The van der Waals surface area contributed by atoms with Gasteiger partial charge in [0.2, 0.25) is 0 Å². The molecule has 1 aromatic carbocycles. The fourth-order valence-corrected chi connectivity index (χ4v) is 3.06. The summed E-state index contributed by atoms with van der Waals surface area (Å²) in [5.41, 5.74) is 3.40. The first-order chi connectivity index (χ1) is 10.1. The van der Waals surface area contributed by atoms with Crippen LogP contribution in [0.4, 0.5) is 11.4 Å². The van der Waals surface area contributed by atoms with Crippen molar-refractivity contribution in [1.29, 1.82) is 0 Å². The molecule has 5 heteroatoms. The minimum Gasteiger partial charge on any atom is -0.373 e. The van der Waals surface area contributed by atoms with Crippen molar-refractivity contribution in [3.63, 3.8) is 0 Å². The van der Waals surface area contributed by atoms with Crippen LogP contribution >= 0.6 is 23.2 Å². The van der Waals surface area contributed by atoms with Crippen molar-refractivity contribution in [1.82, 2.24) is 4.98 Å². The van der Waals surface area contributed by atoms with Crippen LogP contribution in [-0.4, -0.2) is 25.1 Å². The van der Waals surface area contributed by atoms with Gasteiger partial charge in [-0.15, -0.1) is 0 Å². The summed E-state index contributed by atoms with van der Waals surface area (Å²) in [6.45, 7) is 2.75. The molecule has 0 saturated heterocycles. The lowest BCUT2D eigenvalue weighted by Gasteiger charge is -2.26. The van der Waals surface area contributed by atoms with Crippen LogP contribution in [0.5, 0.6) is 0 Å². The lowest BCUT2D eigenvalue weighted by Crippen LogP contribution is -2.23. The number of pyridine rings is 1. The van der Waals surface area contributed by atoms with Gasteiger partial charge >= 0.3 is 0 Å². The fourth-order valence-electron chi connectivity index (χ4n) is 2.72. The van der Waals surface area contributed by atoms with E-state index in [1.54, 1.807) is 6.20 Å². The molecule has 0 atom stereocenters. The van der Waals surface area contributed by atoms with E-state index in [0.717, 1.165) is 42.3 Å². The van der Waals surface area contributed by atoms with Crippen LogP contribution in [0.2, 0.25) is 10.2 Å². The molecule has 1 aliphatic heterocycles. The van der Waals surface area contributed by atoms with Gasteiger partial charge in [0.1, 0.15) is 5.15 Å². The van der Waals surface area contributed by atoms with E-state index >= 15 is 0 Å². The number of hydrogen-bond donors (Lipinski definition) is 0. The number of anilines is 2. The molecule has 1 aliphatic rings. The zero-order valence-electron chi connectivity index (χ0n) is 11.9. The molecule has 3 rings (SSSR count). The number of hydrogen-bond acceptors (Lipinski definition) is 3. The first-order valence-electron chi connectivity index (χ1n) is 7.00. The maximum Gasteiger partial charge on any atom is 0.133 e. The van der Waals surface area contributed by atoms with Gasteiger partial charge in [-0.1, -0.05) is 29.3 Å². The fraction of sp³-hybridized carbons (Fsp3) is 0.312. The van der Waals surface area contributed by atoms with E-state index < -0.39 is 0 Å². The number of aromatic nitrogens is 1. The Morgan fingerprint density at radius 2 is 2.00 bits per heavy atom. The molecule has 0 spiro atoms. The average molecular weight is 322 g/mol. The Bertz CT molecular complexity index is 645. The summed E-state index contributed by atoms with van der Waals surface area (Å²) in [7, 11) is 2.12. The van der Waals surface area contributed by atoms with Gasteiger partial charge in [0.25, 0.3) is 0 Å². The highest BCUT2D eigenvalue weighted by Gasteiger charge is 2.19. The van der Waals surface area contributed by atoms with Crippen LogP contribution in [0.25, 0.3) is 0 Å². The van der Waals surface area contributed by atoms with E-state index in [1.165, 1.54) is 5.69 Å². The Hall–Kier alpha value is -1.45. The maximum atomic E-state index is 6.20. The first-order valence-corrected chi connectivity index (χ1v) is 7.76. The van der Waals surface area contributed by atoms with Crippen molar-refractivity contribution in [2.45, 2.75) is 13.0 Å². The van der Waals surface area contributed by atoms with Gasteiger partial charge in [0, 0.05) is 43.5 Å². The van der Waals surface area contributed by atoms with Gasteiger partial charge in [-0.3, -0.25) is 0 Å². The van der Waals surface area contributed by atoms with Crippen LogP contribution in [0.1, 0.15) is 12.0 Å². The van der Waals surface area contributed by atoms with Gasteiger partial charge < -0.3 is 9.80 Å². The van der Waals surface area contributed by atoms with E-state index in [2.05, 4.69) is 27.9 Å². The molecule has 2 heterocycles. The summed E-state index contributed by atoms with van der Waals surface area (Å²) in [4.78, 5) is 8.76. The van der Waals surface area contributed by atoms with Gasteiger partial charge in [0.05, 0.1) is 11.4 Å². The molecular formula is C16H17Cl2N3. The molecule has 0 aliphatic carbocycles. The van der Waals surface area contributed by atoms with E-state index in [9.17, 15) is 0 Å². The summed E-state index contributed by atoms with van der Waals surface area (Å²) in [5.74, 6) is 0. The SMILES string of the molecule is CN1CCCN(Cc2cccnc2Cl)c2cc(Cl)ccc21. The maximum absolute atomic E-state index is 6.20. The van der Waals surface area contributed by atoms with Gasteiger partial charge in [-0.05, 0) is 30.7 Å². The van der Waals surface area contributed by atoms with Crippen molar-refractivity contribution in [2.75, 3.05) is 29.9 Å². The Kier molecular flexibility index (Phi) is 4.22. The van der Waals surface area contributed by atoms with Crippen molar-refractivity contribution < 1.29 is 0 Å². The second-order valence-corrected chi connectivity index (χ2v) is 6.08. The third kappa shape index (κ3) is 3.09. The lowest BCUT2D eigenvalue weighted by atomic mass is 10.2. The Morgan fingerprint density at radius 3 is 2.81 bits per heavy atom. The summed E-state index contributed by atoms with van der Waals surface area (Å²) in [6, 6.07) is 10.00. The summed E-state index contributed by atoms with van der Waals surface area (Å²) >= 11 is 12.4. The number of nitrogens with zero attached hydrogens (tertiary/aromatic N) is 3. The number of fused-ring (bicyclic) bond motifs is 1. The highest BCUT2D eigenvalue weighted by molar-refractivity contribution is 6.31. The number of benzene rings is 1. The molecule has 0 unspecified atom stereocenters. The van der Waals surface area contributed by atoms with Gasteiger partial charge in [-0.2, -0.15) is 0 Å². The van der Waals surface area contributed by atoms with Crippen LogP contribution in [0, 0.1) is 0 Å². The largest absolute Gasteiger partial charge is 0.373 e. The molecule has 0 bridgehead atoms. The smallest absolute Gasteiger partial charge is 0.133 e. The monoisotopic (exact) mass is 321 g/mol. The second-order valence-electron chi connectivity index (χ2n) is 5.28. The normalized spacial score (nSPS) is 14.8. The van der Waals surface area contributed by atoms with Crippen molar-refractivity contribution in [3.8, 4) is 0 Å². The van der Waals surface area contributed by atoms with Crippen LogP contribution in [-0.2, 0) is 6.54 Å². The molecule has 0 radical (unpaired) electrons. The Balaban J connectivity index is 1.97. The predicted molar refractivity (Wildman–Crippen MR) is 89.6 cm³/mol. The molecule has 21 heavy (non-hydrogen) atoms. The van der Waals surface area contributed by atoms with E-state index in [0.29, 0.717) is 5.15 Å². The molecule has 3 nitrogen and oxygen atoms in total. The van der Waals surface area contributed by atoms with Crippen molar-refractivity contribution >= 4 is 34.6 Å². The van der Waals surface area contributed by atoms with Crippen molar-refractivity contribution in [3.05, 3.63) is 52.3 Å². The van der Waals surface area contributed by atoms with Crippen LogP contribution in [0.15, 0.2) is 36.5 Å². The van der Waals surface area contributed by atoms with Crippen LogP contribution in [0.3, 0.4) is 0 Å². The molecule has 1 aromatic heterocycles. The van der Waals surface area contributed by atoms with E-state index in [1.807, 2.05) is 24.3 Å². The van der Waals surface area contributed by atoms with Gasteiger partial charge in [0.15, 0.2) is 0 Å². The number of halogens is 2. The molecule has 0 amide bonds. The van der Waals surface area contributed by atoms with Crippen LogP contribution < -0.4 is 9.80 Å². The Labute approximate surface area is 135 Å². The summed E-state index contributed by atoms with van der Waals surface area (Å²) in [6.07, 6.45) is 2.81. The van der Waals surface area contributed by atoms with E-state index in [-0.39, 0.29) is 0 Å². The second kappa shape index (κ2) is 6.12. The molecular weight excluding hydrogens is 305 g/mol. The lowest BCUT2D eigenvalue weighted by molar-refractivity contribution is 0.742. The molecule has 0 fully saturated rings. The molecule has 0 N–H and O–H groups in total. The minimum absolute atomic E-state index is 0.568. The standard InChI is InChI=1S/C16H17Cl2N3/c1-20-8-3-9-21(11-12-4-2-7-19-16(12)18)15-10-13(17)5-6-14(15)20/h2,4-7,10H,3,8-9,11H2,1H3. The topological polar surface area (TPSA) is 19.4 Å². The highest BCUT2D eigenvalue weighted by atomic mass is 35.5. The van der Waals surface area contributed by atoms with E-state index in [4.69, 9.17) is 23.2 Å². The molecule has 110 valence electrons. The first kappa shape index (κ1) is 14.5. The van der Waals surface area contributed by atoms with Crippen molar-refractivity contribution in [2.24, 2.45) is 0 Å². The number of rotatable bonds is 2. The zero-order chi connectivity index (χ0) is 14.8. The Morgan fingerprint density at radius 1 is 1.14 bits per heavy atom. The summed E-state index contributed by atoms with van der Waals surface area (Å²) < 4.78 is 0. The predicted octanol–water partition coefficient (Wildman–Crippen LogP) is 4.23. The zero-order valence-corrected chi connectivity index (χ0v) is 13.4. The average Bonchev–Trinajstić information content (AvgIpc) is 2.61. The van der Waals surface area contributed by atoms with Gasteiger partial charge in [-0.25, -0.2) is 4.98 Å². The minimum atomic E-state index is 0.568. The summed E-state index contributed by atoms with van der Waals surface area (Å²) in [5, 5.41) is 1.32. The third-order valence-electron chi connectivity index (χ3n) is 3.81.